The first-order valence-corrected chi connectivity index (χ1v) is 10.3. The second-order valence-electron chi connectivity index (χ2n) is 8.40. The molecule has 1 rings (SSSR count). The zero-order valence-corrected chi connectivity index (χ0v) is 18.8. The lowest BCUT2D eigenvalue weighted by atomic mass is 9.72. The van der Waals surface area contributed by atoms with Crippen LogP contribution in [-0.4, -0.2) is 29.4 Å². The van der Waals surface area contributed by atoms with Crippen molar-refractivity contribution in [1.29, 1.82) is 0 Å². The van der Waals surface area contributed by atoms with Crippen molar-refractivity contribution in [2.24, 2.45) is 5.41 Å². The van der Waals surface area contributed by atoms with Gasteiger partial charge in [-0.05, 0) is 57.1 Å². The number of carboxylic acids is 1. The molecule has 0 aromatic rings. The van der Waals surface area contributed by atoms with Gasteiger partial charge in [0.15, 0.2) is 0 Å². The van der Waals surface area contributed by atoms with Crippen LogP contribution in [0.4, 0.5) is 0 Å². The van der Waals surface area contributed by atoms with Gasteiger partial charge < -0.3 is 9.84 Å². The van der Waals surface area contributed by atoms with Gasteiger partial charge in [0.05, 0.1) is 6.42 Å². The molecule has 0 aromatic heterocycles. The molecule has 0 atom stereocenters. The third-order valence-electron chi connectivity index (χ3n) is 5.19. The molecule has 0 heterocycles. The number of ether oxygens (including phenoxy) is 1. The van der Waals surface area contributed by atoms with E-state index >= 15 is 0 Å². The van der Waals surface area contributed by atoms with E-state index in [4.69, 9.17) is 9.84 Å². The standard InChI is InChI=1S/C25H34O5/c1-18(11-12-21-20(3)10-7-16-25(21,4)5)8-6-9-19(2)15-17-30-24(29)22(26)13-14-23(27)28/h6,8-9,11-12,15H,7,10,13-14,16-17H2,1-5H3,(H,27,28)/b9-6-,12-11+,18-8+,19-15+. The van der Waals surface area contributed by atoms with Crippen LogP contribution in [-0.2, 0) is 19.1 Å². The number of esters is 1. The molecule has 0 fully saturated rings. The summed E-state index contributed by atoms with van der Waals surface area (Å²) in [5, 5.41) is 8.52. The van der Waals surface area contributed by atoms with Crippen LogP contribution in [0.2, 0.25) is 0 Å². The third-order valence-corrected chi connectivity index (χ3v) is 5.19. The Morgan fingerprint density at radius 3 is 2.43 bits per heavy atom. The number of allylic oxidation sites excluding steroid dienone is 9. The van der Waals surface area contributed by atoms with Crippen molar-refractivity contribution in [1.82, 2.24) is 0 Å². The fourth-order valence-electron chi connectivity index (χ4n) is 3.35. The molecule has 0 radical (unpaired) electrons. The Morgan fingerprint density at radius 2 is 1.80 bits per heavy atom. The minimum absolute atomic E-state index is 0.0288. The molecule has 1 aliphatic rings. The van der Waals surface area contributed by atoms with Crippen LogP contribution in [0.1, 0.15) is 66.7 Å². The lowest BCUT2D eigenvalue weighted by Gasteiger charge is -2.32. The molecule has 0 bridgehead atoms. The summed E-state index contributed by atoms with van der Waals surface area (Å²) in [6.07, 6.45) is 14.8. The van der Waals surface area contributed by atoms with Crippen LogP contribution in [0.25, 0.3) is 0 Å². The van der Waals surface area contributed by atoms with Crippen LogP contribution in [0, 0.1) is 5.41 Å². The van der Waals surface area contributed by atoms with Crippen LogP contribution in [0.15, 0.2) is 58.7 Å². The molecule has 5 heteroatoms. The van der Waals surface area contributed by atoms with Crippen molar-refractivity contribution in [3.05, 3.63) is 58.7 Å². The normalized spacial score (nSPS) is 17.6. The van der Waals surface area contributed by atoms with Gasteiger partial charge in [-0.3, -0.25) is 9.59 Å². The highest BCUT2D eigenvalue weighted by Gasteiger charge is 2.26. The second kappa shape index (κ2) is 12.1. The molecule has 1 N–H and O–H groups in total. The highest BCUT2D eigenvalue weighted by Crippen LogP contribution is 2.40. The van der Waals surface area contributed by atoms with E-state index in [9.17, 15) is 14.4 Å². The van der Waals surface area contributed by atoms with E-state index in [0.29, 0.717) is 0 Å². The van der Waals surface area contributed by atoms with Crippen molar-refractivity contribution in [3.8, 4) is 0 Å². The summed E-state index contributed by atoms with van der Waals surface area (Å²) in [5.74, 6) is -2.94. The fraction of sp³-hybridized carbons (Fsp3) is 0.480. The monoisotopic (exact) mass is 414 g/mol. The predicted molar refractivity (Wildman–Crippen MR) is 119 cm³/mol. The molecule has 0 aliphatic heterocycles. The van der Waals surface area contributed by atoms with Crippen LogP contribution in [0.3, 0.4) is 0 Å². The topological polar surface area (TPSA) is 80.7 Å². The fourth-order valence-corrected chi connectivity index (χ4v) is 3.35. The van der Waals surface area contributed by atoms with E-state index in [-0.39, 0.29) is 24.9 Å². The van der Waals surface area contributed by atoms with Gasteiger partial charge in [-0.25, -0.2) is 4.79 Å². The highest BCUT2D eigenvalue weighted by molar-refractivity contribution is 6.33. The summed E-state index contributed by atoms with van der Waals surface area (Å²) in [7, 11) is 0. The average Bonchev–Trinajstić information content (AvgIpc) is 2.65. The summed E-state index contributed by atoms with van der Waals surface area (Å²) >= 11 is 0. The number of aliphatic carboxylic acids is 1. The molecule has 30 heavy (non-hydrogen) atoms. The smallest absolute Gasteiger partial charge is 0.374 e. The molecule has 0 aromatic carbocycles. The van der Waals surface area contributed by atoms with E-state index in [1.54, 1.807) is 6.08 Å². The number of carbonyl (C=O) groups excluding carboxylic acids is 2. The number of ketones is 1. The molecule has 1 aliphatic carbocycles. The first-order valence-electron chi connectivity index (χ1n) is 10.3. The molecule has 0 spiro atoms. The Kier molecular flexibility index (Phi) is 10.2. The number of hydrogen-bond donors (Lipinski definition) is 1. The predicted octanol–water partition coefficient (Wildman–Crippen LogP) is 5.50. The van der Waals surface area contributed by atoms with Crippen molar-refractivity contribution in [3.63, 3.8) is 0 Å². The van der Waals surface area contributed by atoms with Gasteiger partial charge in [0.2, 0.25) is 5.78 Å². The molecule has 0 amide bonds. The van der Waals surface area contributed by atoms with Gasteiger partial charge in [0.1, 0.15) is 6.61 Å². The van der Waals surface area contributed by atoms with Gasteiger partial charge in [-0.15, -0.1) is 0 Å². The summed E-state index contributed by atoms with van der Waals surface area (Å²) in [6, 6.07) is 0. The first kappa shape index (κ1) is 25.3. The average molecular weight is 415 g/mol. The maximum Gasteiger partial charge on any atom is 0.374 e. The molecule has 164 valence electrons. The van der Waals surface area contributed by atoms with Gasteiger partial charge >= 0.3 is 11.9 Å². The van der Waals surface area contributed by atoms with Gasteiger partial charge in [-0.1, -0.05) is 60.9 Å². The van der Waals surface area contributed by atoms with Crippen LogP contribution >= 0.6 is 0 Å². The lowest BCUT2D eigenvalue weighted by molar-refractivity contribution is -0.153. The number of carbonyl (C=O) groups is 3. The van der Waals surface area contributed by atoms with Gasteiger partial charge in [0, 0.05) is 6.42 Å². The van der Waals surface area contributed by atoms with E-state index in [1.165, 1.54) is 30.4 Å². The van der Waals surface area contributed by atoms with Crippen molar-refractivity contribution < 1.29 is 24.2 Å². The third kappa shape index (κ3) is 9.21. The van der Waals surface area contributed by atoms with E-state index in [0.717, 1.165) is 11.1 Å². The molecule has 0 saturated carbocycles. The Morgan fingerprint density at radius 1 is 1.10 bits per heavy atom. The van der Waals surface area contributed by atoms with Crippen LogP contribution in [0.5, 0.6) is 0 Å². The summed E-state index contributed by atoms with van der Waals surface area (Å²) < 4.78 is 4.85. The first-order chi connectivity index (χ1) is 14.0. The minimum Gasteiger partial charge on any atom is -0.481 e. The van der Waals surface area contributed by atoms with E-state index in [1.807, 2.05) is 25.2 Å². The zero-order chi connectivity index (χ0) is 22.7. The second-order valence-corrected chi connectivity index (χ2v) is 8.40. The number of Topliss-reactive ketones (excluding diaryl/α,β-unsaturated/α-hetero) is 1. The minimum atomic E-state index is -1.12. The van der Waals surface area contributed by atoms with Gasteiger partial charge in [0.25, 0.3) is 0 Å². The highest BCUT2D eigenvalue weighted by atomic mass is 16.5. The lowest BCUT2D eigenvalue weighted by Crippen LogP contribution is -2.19. The number of carboxylic acid groups (broad SMARTS) is 1. The van der Waals surface area contributed by atoms with Crippen LogP contribution < -0.4 is 0 Å². The Balaban J connectivity index is 2.55. The summed E-state index contributed by atoms with van der Waals surface area (Å²) in [5.41, 5.74) is 5.15. The Bertz CT molecular complexity index is 803. The van der Waals surface area contributed by atoms with Crippen molar-refractivity contribution in [2.45, 2.75) is 66.7 Å². The SMILES string of the molecule is CC1=C(/C=C/C(C)=C/C=C\C(C)=C\COC(=O)C(=O)CCC(=O)O)C(C)(C)CCC1. The molecule has 5 nitrogen and oxygen atoms in total. The molecular formula is C25H34O5. The summed E-state index contributed by atoms with van der Waals surface area (Å²) in [4.78, 5) is 33.3. The molecule has 0 unspecified atom stereocenters. The van der Waals surface area contributed by atoms with Crippen molar-refractivity contribution in [2.75, 3.05) is 6.61 Å². The maximum absolute atomic E-state index is 11.5. The summed E-state index contributed by atoms with van der Waals surface area (Å²) in [6.45, 7) is 10.7. The maximum atomic E-state index is 11.5. The van der Waals surface area contributed by atoms with Crippen molar-refractivity contribution >= 4 is 17.7 Å². The molecule has 0 saturated heterocycles. The number of hydrogen-bond acceptors (Lipinski definition) is 4. The quantitative estimate of drug-likeness (QED) is 0.290. The van der Waals surface area contributed by atoms with E-state index < -0.39 is 17.7 Å². The Labute approximate surface area is 179 Å². The Hall–Kier alpha value is -2.69. The zero-order valence-electron chi connectivity index (χ0n) is 18.8. The largest absolute Gasteiger partial charge is 0.481 e. The molecular weight excluding hydrogens is 380 g/mol. The number of rotatable bonds is 10. The van der Waals surface area contributed by atoms with Gasteiger partial charge in [-0.2, -0.15) is 0 Å². The van der Waals surface area contributed by atoms with E-state index in [2.05, 4.69) is 39.8 Å².